The summed E-state index contributed by atoms with van der Waals surface area (Å²) in [5.74, 6) is -0.547. The zero-order chi connectivity index (χ0) is 36.9. The first-order chi connectivity index (χ1) is 25.6. The molecule has 8 rings (SSSR count). The second-order valence-corrected chi connectivity index (χ2v) is 15.6. The molecule has 2 saturated heterocycles. The zero-order valence-corrected chi connectivity index (χ0v) is 30.5. The molecule has 4 heterocycles. The van der Waals surface area contributed by atoms with E-state index in [1.54, 1.807) is 18.5 Å². The zero-order valence-electron chi connectivity index (χ0n) is 30.5. The minimum atomic E-state index is -0.496. The maximum absolute atomic E-state index is 15.7. The number of pyridine rings is 1. The molecule has 1 spiro atoms. The summed E-state index contributed by atoms with van der Waals surface area (Å²) < 4.78 is 51.2. The number of hydrogen-bond acceptors (Lipinski definition) is 6. The van der Waals surface area contributed by atoms with Gasteiger partial charge in [-0.25, -0.2) is 18.2 Å². The van der Waals surface area contributed by atoms with Crippen LogP contribution in [0.4, 0.5) is 18.9 Å². The topological polar surface area (TPSA) is 64.7 Å². The highest BCUT2D eigenvalue weighted by Crippen LogP contribution is 2.53. The van der Waals surface area contributed by atoms with Crippen LogP contribution < -0.4 is 9.64 Å². The lowest BCUT2D eigenvalue weighted by molar-refractivity contribution is -0.0630. The molecule has 1 saturated carbocycles. The summed E-state index contributed by atoms with van der Waals surface area (Å²) in [5.41, 5.74) is 4.30. The summed E-state index contributed by atoms with van der Waals surface area (Å²) in [6.45, 7) is 9.77. The SMILES string of the molecule is CC(=O)c1cc(F)c(N2CCC3(CC2)CC(N2CCN(Cc4c(F)cccc4F)C[C@H]2c2ccccc2C(C)C)C3)cc1Oc1cnc2[nH]ccc2c1. The number of piperidine rings is 1. The molecule has 10 heteroatoms. The van der Waals surface area contributed by atoms with Crippen LogP contribution in [0.5, 0.6) is 11.5 Å². The molecule has 7 nitrogen and oxygen atoms in total. The number of ether oxygens (including phenoxy) is 1. The van der Waals surface area contributed by atoms with Gasteiger partial charge in [0, 0.05) is 74.6 Å². The highest BCUT2D eigenvalue weighted by molar-refractivity contribution is 5.97. The largest absolute Gasteiger partial charge is 0.455 e. The Kier molecular flexibility index (Phi) is 9.53. The minimum Gasteiger partial charge on any atom is -0.455 e. The van der Waals surface area contributed by atoms with E-state index in [0.29, 0.717) is 48.8 Å². The molecule has 276 valence electrons. The van der Waals surface area contributed by atoms with Gasteiger partial charge in [0.05, 0.1) is 17.4 Å². The second kappa shape index (κ2) is 14.3. The van der Waals surface area contributed by atoms with E-state index in [2.05, 4.69) is 62.8 Å². The molecule has 1 atom stereocenters. The van der Waals surface area contributed by atoms with Crippen LogP contribution in [0.25, 0.3) is 11.0 Å². The predicted octanol–water partition coefficient (Wildman–Crippen LogP) is 9.41. The molecular weight excluding hydrogens is 676 g/mol. The van der Waals surface area contributed by atoms with Crippen LogP contribution in [-0.4, -0.2) is 64.3 Å². The second-order valence-electron chi connectivity index (χ2n) is 15.6. The lowest BCUT2D eigenvalue weighted by Gasteiger charge is -2.58. The molecule has 1 N–H and O–H groups in total. The summed E-state index contributed by atoms with van der Waals surface area (Å²) in [4.78, 5) is 26.9. The monoisotopic (exact) mass is 721 g/mol. The van der Waals surface area contributed by atoms with Crippen molar-refractivity contribution < 1.29 is 22.7 Å². The van der Waals surface area contributed by atoms with Crippen molar-refractivity contribution in [3.8, 4) is 11.5 Å². The Labute approximate surface area is 308 Å². The maximum atomic E-state index is 15.7. The molecule has 1 aliphatic carbocycles. The van der Waals surface area contributed by atoms with Crippen molar-refractivity contribution in [1.29, 1.82) is 0 Å². The van der Waals surface area contributed by atoms with Gasteiger partial charge in [0.1, 0.15) is 34.6 Å². The first kappa shape index (κ1) is 35.4. The maximum Gasteiger partial charge on any atom is 0.163 e. The van der Waals surface area contributed by atoms with Crippen LogP contribution in [0.15, 0.2) is 79.1 Å². The molecule has 53 heavy (non-hydrogen) atoms. The smallest absolute Gasteiger partial charge is 0.163 e. The Bertz CT molecular complexity index is 2110. The number of piperazine rings is 1. The minimum absolute atomic E-state index is 0.111. The quantitative estimate of drug-likeness (QED) is 0.153. The van der Waals surface area contributed by atoms with E-state index in [9.17, 15) is 13.6 Å². The fraction of sp³-hybridized carbons (Fsp3) is 0.395. The van der Waals surface area contributed by atoms with Gasteiger partial charge in [-0.3, -0.25) is 14.6 Å². The van der Waals surface area contributed by atoms with Crippen molar-refractivity contribution in [3.05, 3.63) is 119 Å². The Balaban J connectivity index is 0.971. The molecule has 0 unspecified atom stereocenters. The van der Waals surface area contributed by atoms with Gasteiger partial charge in [-0.05, 0) is 85.4 Å². The van der Waals surface area contributed by atoms with Crippen molar-refractivity contribution in [2.45, 2.75) is 71.0 Å². The molecule has 5 aromatic rings. The van der Waals surface area contributed by atoms with Crippen molar-refractivity contribution >= 4 is 22.5 Å². The molecule has 2 aliphatic heterocycles. The normalized spacial score (nSPS) is 19.6. The number of Topliss-reactive ketones (excluding diaryl/α,β-unsaturated/α-hetero) is 1. The Hall–Kier alpha value is -4.67. The van der Waals surface area contributed by atoms with E-state index in [1.807, 2.05) is 12.1 Å². The van der Waals surface area contributed by atoms with Crippen LogP contribution in [-0.2, 0) is 6.54 Å². The number of halogens is 3. The molecule has 3 fully saturated rings. The Morgan fingerprint density at radius 2 is 1.70 bits per heavy atom. The number of carbonyl (C=O) groups is 1. The van der Waals surface area contributed by atoms with Crippen molar-refractivity contribution in [3.63, 3.8) is 0 Å². The average Bonchev–Trinajstić information content (AvgIpc) is 3.61. The Morgan fingerprint density at radius 1 is 0.943 bits per heavy atom. The molecule has 3 aromatic carbocycles. The van der Waals surface area contributed by atoms with Crippen LogP contribution in [0, 0.1) is 22.9 Å². The lowest BCUT2D eigenvalue weighted by Crippen LogP contribution is -2.60. The number of nitrogens with zero attached hydrogens (tertiary/aromatic N) is 4. The molecule has 3 aliphatic rings. The van der Waals surface area contributed by atoms with Gasteiger partial charge in [0.15, 0.2) is 5.78 Å². The van der Waals surface area contributed by atoms with Crippen molar-refractivity contribution in [1.82, 2.24) is 19.8 Å². The van der Waals surface area contributed by atoms with E-state index < -0.39 is 17.5 Å². The summed E-state index contributed by atoms with van der Waals surface area (Å²) in [5, 5.41) is 0.879. The summed E-state index contributed by atoms with van der Waals surface area (Å²) in [6.07, 6.45) is 7.42. The number of benzene rings is 3. The number of aromatic nitrogens is 2. The number of H-pyrrole nitrogens is 1. The van der Waals surface area contributed by atoms with Crippen LogP contribution in [0.1, 0.15) is 85.5 Å². The van der Waals surface area contributed by atoms with E-state index in [1.165, 1.54) is 42.3 Å². The van der Waals surface area contributed by atoms with Gasteiger partial charge in [-0.1, -0.05) is 44.2 Å². The van der Waals surface area contributed by atoms with Crippen molar-refractivity contribution in [2.75, 3.05) is 37.6 Å². The van der Waals surface area contributed by atoms with Gasteiger partial charge in [0.25, 0.3) is 0 Å². The van der Waals surface area contributed by atoms with Crippen LogP contribution in [0.3, 0.4) is 0 Å². The fourth-order valence-electron chi connectivity index (χ4n) is 9.01. The predicted molar refractivity (Wildman–Crippen MR) is 201 cm³/mol. The van der Waals surface area contributed by atoms with E-state index >= 15 is 4.39 Å². The number of nitrogens with one attached hydrogen (secondary N) is 1. The van der Waals surface area contributed by atoms with E-state index in [-0.39, 0.29) is 34.9 Å². The third-order valence-corrected chi connectivity index (χ3v) is 11.9. The number of anilines is 1. The Morgan fingerprint density at radius 3 is 2.43 bits per heavy atom. The lowest BCUT2D eigenvalue weighted by atomic mass is 9.59. The molecule has 0 bridgehead atoms. The number of ketones is 1. The number of carbonyl (C=O) groups excluding carboxylic acids is 1. The summed E-state index contributed by atoms with van der Waals surface area (Å²) >= 11 is 0. The third kappa shape index (κ3) is 6.95. The first-order valence-electron chi connectivity index (χ1n) is 18.8. The van der Waals surface area contributed by atoms with Crippen molar-refractivity contribution in [2.24, 2.45) is 5.41 Å². The summed E-state index contributed by atoms with van der Waals surface area (Å²) in [7, 11) is 0. The highest BCUT2D eigenvalue weighted by atomic mass is 19.1. The van der Waals surface area contributed by atoms with Gasteiger partial charge in [0.2, 0.25) is 0 Å². The third-order valence-electron chi connectivity index (χ3n) is 11.9. The van der Waals surface area contributed by atoms with E-state index in [0.717, 1.165) is 49.8 Å². The highest BCUT2D eigenvalue weighted by Gasteiger charge is 2.50. The van der Waals surface area contributed by atoms with Gasteiger partial charge < -0.3 is 14.6 Å². The van der Waals surface area contributed by atoms with Gasteiger partial charge >= 0.3 is 0 Å². The molecule has 0 radical (unpaired) electrons. The van der Waals surface area contributed by atoms with E-state index in [4.69, 9.17) is 4.74 Å². The van der Waals surface area contributed by atoms with Gasteiger partial charge in [-0.15, -0.1) is 0 Å². The number of aromatic amines is 1. The van der Waals surface area contributed by atoms with Crippen LogP contribution in [0.2, 0.25) is 0 Å². The standard InChI is InChI=1S/C43H46F3N5O2/c1-27(2)32-7-4-5-8-33(32)40-26-49(25-35-36(44)9-6-10-37(35)45)17-18-51(40)30-22-43(23-30)12-15-50(16-13-43)39-21-41(34(28(3)52)20-38(39)46)53-31-19-29-11-14-47-42(29)48-24-31/h4-11,14,19-21,24,27,30,40H,12-13,15-18,22-23,25-26H2,1-3H3,(H,47,48)/t40-/m0/s1. The first-order valence-corrected chi connectivity index (χ1v) is 18.8. The fourth-order valence-corrected chi connectivity index (χ4v) is 9.01. The number of hydrogen-bond donors (Lipinski definition) is 1. The number of fused-ring (bicyclic) bond motifs is 1. The summed E-state index contributed by atoms with van der Waals surface area (Å²) in [6, 6.07) is 19.9. The molecule has 0 amide bonds. The number of rotatable bonds is 9. The average molecular weight is 722 g/mol. The van der Waals surface area contributed by atoms with Gasteiger partial charge in [-0.2, -0.15) is 0 Å². The van der Waals surface area contributed by atoms with Crippen LogP contribution >= 0.6 is 0 Å². The molecular formula is C43H46F3N5O2. The molecule has 2 aromatic heterocycles.